The summed E-state index contributed by atoms with van der Waals surface area (Å²) in [5.41, 5.74) is 0. The molecule has 12 heavy (non-hydrogen) atoms. The Morgan fingerprint density at radius 2 is 2.08 bits per heavy atom. The van der Waals surface area contributed by atoms with Crippen LogP contribution in [-0.4, -0.2) is 30.8 Å². The van der Waals surface area contributed by atoms with Crippen LogP contribution in [0.15, 0.2) is 12.7 Å². The molecule has 0 aliphatic carbocycles. The minimum absolute atomic E-state index is 1.01. The number of rotatable bonds is 3. The van der Waals surface area contributed by atoms with Gasteiger partial charge in [-0.3, -0.25) is 0 Å². The number of ether oxygens (including phenoxy) is 3. The highest BCUT2D eigenvalue weighted by Crippen LogP contribution is 1.98. The topological polar surface area (TPSA) is 82.1 Å². The quantitative estimate of drug-likeness (QED) is 0.392. The molecule has 0 aromatic carbocycles. The summed E-state index contributed by atoms with van der Waals surface area (Å²) in [6.45, 7) is 3.18. The molecular weight excluding hydrogens is 168 g/mol. The first-order chi connectivity index (χ1) is 5.60. The third kappa shape index (κ3) is 4.15. The predicted octanol–water partition coefficient (Wildman–Crippen LogP) is 0.976. The average molecular weight is 176 g/mol. The minimum atomic E-state index is -1.57. The molecule has 0 rings (SSSR count). The van der Waals surface area contributed by atoms with Crippen LogP contribution in [0.4, 0.5) is 9.59 Å². The molecule has 0 aromatic rings. The maximum Gasteiger partial charge on any atom is 0.511 e. The van der Waals surface area contributed by atoms with Gasteiger partial charge in [0.25, 0.3) is 6.29 Å². The van der Waals surface area contributed by atoms with Crippen molar-refractivity contribution in [3.63, 3.8) is 0 Å². The van der Waals surface area contributed by atoms with E-state index >= 15 is 0 Å². The van der Waals surface area contributed by atoms with Gasteiger partial charge in [0.05, 0.1) is 7.11 Å². The average Bonchev–Trinajstić information content (AvgIpc) is 2.02. The Kier molecular flexibility index (Phi) is 4.28. The third-order valence-electron chi connectivity index (χ3n) is 0.788. The van der Waals surface area contributed by atoms with Crippen molar-refractivity contribution >= 4 is 12.3 Å². The Bertz CT molecular complexity index is 186. The zero-order chi connectivity index (χ0) is 9.56. The van der Waals surface area contributed by atoms with Crippen molar-refractivity contribution in [1.29, 1.82) is 0 Å². The van der Waals surface area contributed by atoms with E-state index in [0.717, 1.165) is 13.2 Å². The summed E-state index contributed by atoms with van der Waals surface area (Å²) >= 11 is 0. The van der Waals surface area contributed by atoms with Crippen LogP contribution in [0, 0.1) is 0 Å². The number of carbonyl (C=O) groups excluding carboxylic acids is 1. The minimum Gasteiger partial charge on any atom is -0.450 e. The van der Waals surface area contributed by atoms with Gasteiger partial charge in [0.2, 0.25) is 0 Å². The Morgan fingerprint density at radius 1 is 1.50 bits per heavy atom. The molecule has 0 aliphatic heterocycles. The first-order valence-corrected chi connectivity index (χ1v) is 2.87. The van der Waals surface area contributed by atoms with Gasteiger partial charge >= 0.3 is 12.3 Å². The van der Waals surface area contributed by atoms with Gasteiger partial charge in [-0.1, -0.05) is 6.58 Å². The molecule has 68 valence electrons. The third-order valence-corrected chi connectivity index (χ3v) is 0.788. The summed E-state index contributed by atoms with van der Waals surface area (Å²) < 4.78 is 12.4. The molecule has 0 fully saturated rings. The van der Waals surface area contributed by atoms with Crippen LogP contribution >= 0.6 is 0 Å². The number of hydrogen-bond donors (Lipinski definition) is 1. The number of hydrogen-bond acceptors (Lipinski definition) is 5. The van der Waals surface area contributed by atoms with Crippen LogP contribution in [0.5, 0.6) is 0 Å². The van der Waals surface area contributed by atoms with Gasteiger partial charge in [-0.2, -0.15) is 0 Å². The number of carbonyl (C=O) groups is 2. The molecule has 1 unspecified atom stereocenters. The van der Waals surface area contributed by atoms with E-state index in [1.165, 1.54) is 0 Å². The first kappa shape index (κ1) is 10.3. The second kappa shape index (κ2) is 5.00. The molecule has 0 aromatic heterocycles. The fraction of sp³-hybridized carbons (Fsp3) is 0.333. The lowest BCUT2D eigenvalue weighted by Crippen LogP contribution is -2.21. The van der Waals surface area contributed by atoms with Crippen LogP contribution in [0.25, 0.3) is 0 Å². The Labute approximate surface area is 68.3 Å². The maximum atomic E-state index is 10.4. The maximum absolute atomic E-state index is 10.4. The van der Waals surface area contributed by atoms with Crippen molar-refractivity contribution in [3.8, 4) is 0 Å². The molecule has 0 radical (unpaired) electrons. The van der Waals surface area contributed by atoms with Gasteiger partial charge in [-0.05, 0) is 6.08 Å². The summed E-state index contributed by atoms with van der Waals surface area (Å²) in [5, 5.41) is 8.10. The lowest BCUT2D eigenvalue weighted by molar-refractivity contribution is -0.0671. The molecule has 0 saturated heterocycles. The van der Waals surface area contributed by atoms with E-state index in [2.05, 4.69) is 20.8 Å². The summed E-state index contributed by atoms with van der Waals surface area (Å²) in [6, 6.07) is 0. The molecule has 1 atom stereocenters. The smallest absolute Gasteiger partial charge is 0.450 e. The van der Waals surface area contributed by atoms with Crippen LogP contribution in [0.3, 0.4) is 0 Å². The Balaban J connectivity index is 3.90. The van der Waals surface area contributed by atoms with Gasteiger partial charge in [-0.15, -0.1) is 0 Å². The zero-order valence-corrected chi connectivity index (χ0v) is 6.35. The molecule has 0 aliphatic rings. The van der Waals surface area contributed by atoms with Crippen LogP contribution in [0.1, 0.15) is 0 Å². The molecule has 0 amide bonds. The largest absolute Gasteiger partial charge is 0.511 e. The monoisotopic (exact) mass is 176 g/mol. The van der Waals surface area contributed by atoms with Gasteiger partial charge in [0.15, 0.2) is 0 Å². The fourth-order valence-corrected chi connectivity index (χ4v) is 0.363. The highest BCUT2D eigenvalue weighted by Gasteiger charge is 2.14. The van der Waals surface area contributed by atoms with Crippen molar-refractivity contribution in [2.24, 2.45) is 0 Å². The van der Waals surface area contributed by atoms with Gasteiger partial charge in [0.1, 0.15) is 0 Å². The standard InChI is InChI=1S/C6H8O6/c1-3-4(11-5(7)8)12-6(9)10-2/h3-4H,1H2,2H3,(H,7,8). The van der Waals surface area contributed by atoms with Gasteiger partial charge in [-0.25, -0.2) is 9.59 Å². The predicted molar refractivity (Wildman–Crippen MR) is 36.6 cm³/mol. The number of carboxylic acid groups (broad SMARTS) is 1. The summed E-state index contributed by atoms with van der Waals surface area (Å²) in [7, 11) is 1.09. The summed E-state index contributed by atoms with van der Waals surface area (Å²) in [6.07, 6.45) is -2.94. The number of methoxy groups -OCH3 is 1. The lowest BCUT2D eigenvalue weighted by atomic mass is 10.6. The van der Waals surface area contributed by atoms with E-state index in [1.54, 1.807) is 0 Å². The van der Waals surface area contributed by atoms with Crippen LogP contribution < -0.4 is 0 Å². The molecule has 0 spiro atoms. The highest BCUT2D eigenvalue weighted by molar-refractivity contribution is 5.61. The van der Waals surface area contributed by atoms with Crippen molar-refractivity contribution in [1.82, 2.24) is 0 Å². The zero-order valence-electron chi connectivity index (χ0n) is 6.35. The van der Waals surface area contributed by atoms with Crippen LogP contribution in [0.2, 0.25) is 0 Å². The van der Waals surface area contributed by atoms with E-state index in [-0.39, 0.29) is 0 Å². The molecule has 0 heterocycles. The SMILES string of the molecule is C=CC(OC(=O)O)OC(=O)OC. The van der Waals surface area contributed by atoms with Crippen LogP contribution in [-0.2, 0) is 14.2 Å². The van der Waals surface area contributed by atoms with E-state index in [4.69, 9.17) is 5.11 Å². The molecule has 6 heteroatoms. The van der Waals surface area contributed by atoms with Crippen molar-refractivity contribution in [3.05, 3.63) is 12.7 Å². The van der Waals surface area contributed by atoms with Crippen molar-refractivity contribution in [2.75, 3.05) is 7.11 Å². The Morgan fingerprint density at radius 3 is 2.42 bits per heavy atom. The molecule has 0 saturated carbocycles. The van der Waals surface area contributed by atoms with Gasteiger partial charge in [0, 0.05) is 0 Å². The van der Waals surface area contributed by atoms with E-state index < -0.39 is 18.6 Å². The first-order valence-electron chi connectivity index (χ1n) is 2.87. The van der Waals surface area contributed by atoms with Gasteiger partial charge < -0.3 is 19.3 Å². The lowest BCUT2D eigenvalue weighted by Gasteiger charge is -2.10. The molecular formula is C6H8O6. The molecule has 1 N–H and O–H groups in total. The summed E-state index contributed by atoms with van der Waals surface area (Å²) in [4.78, 5) is 20.3. The molecule has 6 nitrogen and oxygen atoms in total. The van der Waals surface area contributed by atoms with Crippen molar-refractivity contribution < 1.29 is 28.9 Å². The van der Waals surface area contributed by atoms with E-state index in [0.29, 0.717) is 0 Å². The summed E-state index contributed by atoms with van der Waals surface area (Å²) in [5.74, 6) is 0. The Hall–Kier alpha value is -1.72. The van der Waals surface area contributed by atoms with E-state index in [9.17, 15) is 9.59 Å². The fourth-order valence-electron chi connectivity index (χ4n) is 0.363. The second-order valence-electron chi connectivity index (χ2n) is 1.56. The normalized spacial score (nSPS) is 11.1. The molecule has 0 bridgehead atoms. The highest BCUT2D eigenvalue weighted by atomic mass is 16.8. The van der Waals surface area contributed by atoms with E-state index in [1.807, 2.05) is 0 Å². The second-order valence-corrected chi connectivity index (χ2v) is 1.56. The van der Waals surface area contributed by atoms with Crippen molar-refractivity contribution in [2.45, 2.75) is 6.29 Å².